The molecule has 2 atom stereocenters. The summed E-state index contributed by atoms with van der Waals surface area (Å²) in [5.74, 6) is 0. The van der Waals surface area contributed by atoms with Crippen LogP contribution in [-0.4, -0.2) is 46.7 Å². The van der Waals surface area contributed by atoms with Gasteiger partial charge in [-0.2, -0.15) is 0 Å². The average molecular weight is 132 g/mol. The first-order valence-electron chi connectivity index (χ1n) is 2.89. The minimum Gasteiger partial charge on any atom is -0.389 e. The van der Waals surface area contributed by atoms with Crippen LogP contribution in [-0.2, 0) is 0 Å². The van der Waals surface area contributed by atoms with E-state index >= 15 is 0 Å². The number of hydrogen-bond acceptors (Lipinski definition) is 3. The first-order chi connectivity index (χ1) is 4.22. The van der Waals surface area contributed by atoms with Crippen LogP contribution in [0, 0.1) is 0 Å². The van der Waals surface area contributed by atoms with Gasteiger partial charge < -0.3 is 15.3 Å². The summed E-state index contributed by atoms with van der Waals surface area (Å²) >= 11 is 0. The molecule has 2 unspecified atom stereocenters. The van der Waals surface area contributed by atoms with Gasteiger partial charge in [0.2, 0.25) is 0 Å². The standard InChI is InChI=1S/C5H10NO3/c7-3-1-6-2-4(8)5(3)9/h3-5,7-9H,1-2H2. The van der Waals surface area contributed by atoms with Crippen LogP contribution < -0.4 is 5.32 Å². The predicted molar refractivity (Wildman–Crippen MR) is 29.9 cm³/mol. The van der Waals surface area contributed by atoms with Crippen molar-refractivity contribution < 1.29 is 15.3 Å². The van der Waals surface area contributed by atoms with Crippen molar-refractivity contribution in [3.05, 3.63) is 0 Å². The highest BCUT2D eigenvalue weighted by Gasteiger charge is 2.28. The molecule has 1 fully saturated rings. The molecular formula is C5H10NO3. The molecule has 1 aliphatic heterocycles. The quantitative estimate of drug-likeness (QED) is 0.346. The smallest absolute Gasteiger partial charge is 0.108 e. The van der Waals surface area contributed by atoms with Crippen LogP contribution in [0.25, 0.3) is 0 Å². The van der Waals surface area contributed by atoms with Crippen molar-refractivity contribution in [2.24, 2.45) is 0 Å². The molecule has 4 heteroatoms. The third kappa shape index (κ3) is 1.40. The van der Waals surface area contributed by atoms with E-state index in [9.17, 15) is 0 Å². The van der Waals surface area contributed by atoms with Crippen molar-refractivity contribution in [2.45, 2.75) is 18.3 Å². The molecule has 9 heavy (non-hydrogen) atoms. The van der Waals surface area contributed by atoms with E-state index in [1.165, 1.54) is 0 Å². The van der Waals surface area contributed by atoms with Crippen molar-refractivity contribution in [1.82, 2.24) is 5.32 Å². The normalized spacial score (nSPS) is 45.0. The zero-order valence-electron chi connectivity index (χ0n) is 4.94. The topological polar surface area (TPSA) is 74.8 Å². The molecule has 0 spiro atoms. The fourth-order valence-corrected chi connectivity index (χ4v) is 0.812. The average Bonchev–Trinajstić information content (AvgIpc) is 1.83. The van der Waals surface area contributed by atoms with E-state index in [0.717, 1.165) is 0 Å². The first-order valence-corrected chi connectivity index (χ1v) is 2.89. The lowest BCUT2D eigenvalue weighted by Crippen LogP contribution is -2.50. The fraction of sp³-hybridized carbons (Fsp3) is 1.00. The summed E-state index contributed by atoms with van der Waals surface area (Å²) in [5.41, 5.74) is 0. The highest BCUT2D eigenvalue weighted by molar-refractivity contribution is 4.83. The molecule has 0 bridgehead atoms. The van der Waals surface area contributed by atoms with E-state index in [0.29, 0.717) is 0 Å². The molecule has 1 radical (unpaired) electrons. The number of aliphatic hydroxyl groups excluding tert-OH is 3. The highest BCUT2D eigenvalue weighted by Crippen LogP contribution is 2.04. The molecule has 53 valence electrons. The van der Waals surface area contributed by atoms with Gasteiger partial charge in [-0.05, 0) is 0 Å². The molecule has 1 rings (SSSR count). The van der Waals surface area contributed by atoms with Gasteiger partial charge in [0.15, 0.2) is 0 Å². The zero-order valence-corrected chi connectivity index (χ0v) is 4.94. The van der Waals surface area contributed by atoms with Gasteiger partial charge in [-0.3, -0.25) is 0 Å². The number of aliphatic hydroxyl groups is 3. The van der Waals surface area contributed by atoms with E-state index in [2.05, 4.69) is 5.32 Å². The van der Waals surface area contributed by atoms with Crippen LogP contribution in [0.2, 0.25) is 0 Å². The molecule has 0 aromatic carbocycles. The Bertz CT molecular complexity index is 88.2. The lowest BCUT2D eigenvalue weighted by Gasteiger charge is -2.27. The molecule has 0 saturated carbocycles. The second-order valence-electron chi connectivity index (χ2n) is 2.21. The first kappa shape index (κ1) is 6.95. The number of rotatable bonds is 0. The zero-order chi connectivity index (χ0) is 6.85. The Balaban J connectivity index is 2.41. The largest absolute Gasteiger partial charge is 0.389 e. The minimum atomic E-state index is -1.01. The van der Waals surface area contributed by atoms with Crippen LogP contribution in [0.15, 0.2) is 0 Å². The third-order valence-electron chi connectivity index (χ3n) is 1.42. The SMILES string of the molecule is OC1C[N]CC(O)C1O. The van der Waals surface area contributed by atoms with Crippen LogP contribution in [0.5, 0.6) is 0 Å². The summed E-state index contributed by atoms with van der Waals surface area (Å²) in [5, 5.41) is 30.3. The van der Waals surface area contributed by atoms with Crippen molar-refractivity contribution in [1.29, 1.82) is 0 Å². The Morgan fingerprint density at radius 1 is 1.00 bits per heavy atom. The molecule has 0 aliphatic carbocycles. The molecule has 4 nitrogen and oxygen atoms in total. The molecule has 3 N–H and O–H groups in total. The maximum absolute atomic E-state index is 8.89. The Hall–Kier alpha value is -0.160. The maximum atomic E-state index is 8.89. The van der Waals surface area contributed by atoms with Gasteiger partial charge in [0.05, 0.1) is 12.2 Å². The van der Waals surface area contributed by atoms with Crippen LogP contribution >= 0.6 is 0 Å². The second kappa shape index (κ2) is 2.62. The molecule has 0 aromatic heterocycles. The Labute approximate surface area is 53.1 Å². The van der Waals surface area contributed by atoms with Gasteiger partial charge in [-0.25, -0.2) is 5.32 Å². The maximum Gasteiger partial charge on any atom is 0.108 e. The Morgan fingerprint density at radius 2 is 1.44 bits per heavy atom. The molecule has 0 aromatic rings. The minimum absolute atomic E-state index is 0.234. The van der Waals surface area contributed by atoms with Crippen LogP contribution in [0.3, 0.4) is 0 Å². The summed E-state index contributed by atoms with van der Waals surface area (Å²) in [6, 6.07) is 0. The number of piperidine rings is 1. The summed E-state index contributed by atoms with van der Waals surface area (Å²) < 4.78 is 0. The predicted octanol–water partition coefficient (Wildman–Crippen LogP) is -2.31. The number of nitrogens with zero attached hydrogens (tertiary/aromatic N) is 1. The van der Waals surface area contributed by atoms with Crippen LogP contribution in [0.4, 0.5) is 0 Å². The molecular weight excluding hydrogens is 122 g/mol. The van der Waals surface area contributed by atoms with E-state index in [4.69, 9.17) is 15.3 Å². The van der Waals surface area contributed by atoms with Crippen molar-refractivity contribution in [3.63, 3.8) is 0 Å². The second-order valence-corrected chi connectivity index (χ2v) is 2.21. The Morgan fingerprint density at radius 3 is 1.78 bits per heavy atom. The van der Waals surface area contributed by atoms with Crippen molar-refractivity contribution in [2.75, 3.05) is 13.1 Å². The van der Waals surface area contributed by atoms with Gasteiger partial charge in [-0.15, -0.1) is 0 Å². The van der Waals surface area contributed by atoms with Gasteiger partial charge >= 0.3 is 0 Å². The number of hydrogen-bond donors (Lipinski definition) is 3. The molecule has 1 heterocycles. The summed E-state index contributed by atoms with van der Waals surface area (Å²) in [6.07, 6.45) is -2.77. The lowest BCUT2D eigenvalue weighted by atomic mass is 10.0. The molecule has 1 aliphatic rings. The lowest BCUT2D eigenvalue weighted by molar-refractivity contribution is -0.0760. The summed E-state index contributed by atoms with van der Waals surface area (Å²) in [4.78, 5) is 0. The third-order valence-corrected chi connectivity index (χ3v) is 1.42. The van der Waals surface area contributed by atoms with Crippen LogP contribution in [0.1, 0.15) is 0 Å². The van der Waals surface area contributed by atoms with E-state index in [1.54, 1.807) is 0 Å². The summed E-state index contributed by atoms with van der Waals surface area (Å²) in [7, 11) is 0. The van der Waals surface area contributed by atoms with E-state index in [1.807, 2.05) is 0 Å². The van der Waals surface area contributed by atoms with E-state index in [-0.39, 0.29) is 13.1 Å². The van der Waals surface area contributed by atoms with Gasteiger partial charge in [0.1, 0.15) is 6.10 Å². The molecule has 1 saturated heterocycles. The van der Waals surface area contributed by atoms with Crippen molar-refractivity contribution in [3.8, 4) is 0 Å². The van der Waals surface area contributed by atoms with Gasteiger partial charge in [0.25, 0.3) is 0 Å². The molecule has 0 amide bonds. The van der Waals surface area contributed by atoms with Crippen molar-refractivity contribution >= 4 is 0 Å². The highest BCUT2D eigenvalue weighted by atomic mass is 16.4. The summed E-state index contributed by atoms with van der Waals surface area (Å²) in [6.45, 7) is 0.469. The monoisotopic (exact) mass is 132 g/mol. The van der Waals surface area contributed by atoms with Gasteiger partial charge in [0, 0.05) is 13.1 Å². The Kier molecular flexibility index (Phi) is 2.02. The van der Waals surface area contributed by atoms with E-state index < -0.39 is 18.3 Å². The van der Waals surface area contributed by atoms with Gasteiger partial charge in [-0.1, -0.05) is 0 Å². The fourth-order valence-electron chi connectivity index (χ4n) is 0.812.